The lowest BCUT2D eigenvalue weighted by Gasteiger charge is -2.55. The molecule has 4 saturated carbocycles. The third-order valence-corrected chi connectivity index (χ3v) is 7.77. The molecule has 1 aromatic carbocycles. The molecule has 0 saturated heterocycles. The summed E-state index contributed by atoms with van der Waals surface area (Å²) in [5.41, 5.74) is 1.24. The highest BCUT2D eigenvalue weighted by Gasteiger charge is 2.54. The van der Waals surface area contributed by atoms with Gasteiger partial charge >= 0.3 is 0 Å². The van der Waals surface area contributed by atoms with Gasteiger partial charge in [-0.15, -0.1) is 10.2 Å². The van der Waals surface area contributed by atoms with Gasteiger partial charge in [0, 0.05) is 5.41 Å². The fourth-order valence-corrected chi connectivity index (χ4v) is 7.13. The number of benzene rings is 1. The van der Waals surface area contributed by atoms with Gasteiger partial charge in [-0.2, -0.15) is 9.61 Å². The van der Waals surface area contributed by atoms with Crippen molar-refractivity contribution in [2.75, 3.05) is 7.11 Å². The van der Waals surface area contributed by atoms with Crippen LogP contribution >= 0.6 is 11.3 Å². The molecule has 6 heteroatoms. The molecular formula is C20H22N4OS. The van der Waals surface area contributed by atoms with E-state index in [1.54, 1.807) is 18.4 Å². The van der Waals surface area contributed by atoms with Gasteiger partial charge in [-0.3, -0.25) is 0 Å². The van der Waals surface area contributed by atoms with Crippen molar-refractivity contribution in [3.05, 3.63) is 30.1 Å². The molecule has 134 valence electrons. The van der Waals surface area contributed by atoms with Crippen LogP contribution < -0.4 is 4.74 Å². The van der Waals surface area contributed by atoms with E-state index >= 15 is 0 Å². The molecule has 0 amide bonds. The monoisotopic (exact) mass is 366 g/mol. The van der Waals surface area contributed by atoms with Gasteiger partial charge in [0.05, 0.1) is 12.7 Å². The molecule has 7 rings (SSSR count). The zero-order valence-electron chi connectivity index (χ0n) is 14.9. The molecule has 2 heterocycles. The van der Waals surface area contributed by atoms with Crippen LogP contribution in [0.4, 0.5) is 0 Å². The molecule has 5 nitrogen and oxygen atoms in total. The fourth-order valence-electron chi connectivity index (χ4n) is 6.26. The number of para-hydroxylation sites is 1. The molecule has 4 aliphatic carbocycles. The number of nitrogens with zero attached hydrogens (tertiary/aromatic N) is 4. The van der Waals surface area contributed by atoms with Gasteiger partial charge in [0.2, 0.25) is 4.96 Å². The topological polar surface area (TPSA) is 52.3 Å². The highest BCUT2D eigenvalue weighted by molar-refractivity contribution is 7.19. The van der Waals surface area contributed by atoms with E-state index in [1.165, 1.54) is 38.5 Å². The van der Waals surface area contributed by atoms with E-state index in [4.69, 9.17) is 9.84 Å². The van der Waals surface area contributed by atoms with Crippen molar-refractivity contribution >= 4 is 16.3 Å². The smallest absolute Gasteiger partial charge is 0.235 e. The lowest BCUT2D eigenvalue weighted by Crippen LogP contribution is -2.49. The van der Waals surface area contributed by atoms with Gasteiger partial charge in [0.1, 0.15) is 5.75 Å². The van der Waals surface area contributed by atoms with Crippen molar-refractivity contribution in [2.24, 2.45) is 17.8 Å². The quantitative estimate of drug-likeness (QED) is 0.692. The molecule has 26 heavy (non-hydrogen) atoms. The van der Waals surface area contributed by atoms with Gasteiger partial charge in [-0.25, -0.2) is 0 Å². The Hall–Kier alpha value is -1.95. The van der Waals surface area contributed by atoms with Crippen molar-refractivity contribution in [1.82, 2.24) is 19.8 Å². The van der Waals surface area contributed by atoms with E-state index in [0.717, 1.165) is 44.9 Å². The number of hydrogen-bond acceptors (Lipinski definition) is 5. The van der Waals surface area contributed by atoms with Crippen molar-refractivity contribution in [3.63, 3.8) is 0 Å². The molecule has 4 fully saturated rings. The fraction of sp³-hybridized carbons (Fsp3) is 0.550. The molecular weight excluding hydrogens is 344 g/mol. The van der Waals surface area contributed by atoms with Crippen molar-refractivity contribution < 1.29 is 4.74 Å². The van der Waals surface area contributed by atoms with Crippen LogP contribution in [0.5, 0.6) is 5.75 Å². The van der Waals surface area contributed by atoms with Gasteiger partial charge in [-0.1, -0.05) is 23.5 Å². The van der Waals surface area contributed by atoms with Crippen molar-refractivity contribution in [3.8, 4) is 16.3 Å². The molecule has 4 bridgehead atoms. The lowest BCUT2D eigenvalue weighted by atomic mass is 9.49. The zero-order valence-corrected chi connectivity index (χ0v) is 15.7. The predicted molar refractivity (Wildman–Crippen MR) is 100 cm³/mol. The largest absolute Gasteiger partial charge is 0.496 e. The van der Waals surface area contributed by atoms with E-state index in [0.29, 0.717) is 0 Å². The molecule has 0 aliphatic heterocycles. The van der Waals surface area contributed by atoms with Crippen LogP contribution in [0, 0.1) is 17.8 Å². The first-order valence-corrected chi connectivity index (χ1v) is 10.4. The predicted octanol–water partition coefficient (Wildman–Crippen LogP) is 4.33. The number of ether oxygens (including phenoxy) is 1. The Kier molecular flexibility index (Phi) is 3.08. The highest BCUT2D eigenvalue weighted by atomic mass is 32.1. The summed E-state index contributed by atoms with van der Waals surface area (Å²) >= 11 is 1.60. The minimum atomic E-state index is 0.209. The molecule has 4 aliphatic rings. The van der Waals surface area contributed by atoms with Crippen LogP contribution in [0.25, 0.3) is 15.5 Å². The van der Waals surface area contributed by atoms with Gasteiger partial charge in [0.15, 0.2) is 10.8 Å². The highest BCUT2D eigenvalue weighted by Crippen LogP contribution is 2.60. The Labute approximate surface area is 156 Å². The Morgan fingerprint density at radius 2 is 1.73 bits per heavy atom. The second kappa shape index (κ2) is 5.28. The van der Waals surface area contributed by atoms with Crippen LogP contribution in [0.3, 0.4) is 0 Å². The van der Waals surface area contributed by atoms with E-state index in [-0.39, 0.29) is 5.41 Å². The van der Waals surface area contributed by atoms with Crippen LogP contribution in [0.2, 0.25) is 0 Å². The van der Waals surface area contributed by atoms with Gasteiger partial charge in [0.25, 0.3) is 0 Å². The van der Waals surface area contributed by atoms with Crippen LogP contribution in [0.1, 0.15) is 44.3 Å². The van der Waals surface area contributed by atoms with Crippen LogP contribution in [0.15, 0.2) is 24.3 Å². The third-order valence-electron chi connectivity index (χ3n) is 6.84. The first kappa shape index (κ1) is 15.1. The Bertz CT molecular complexity index is 955. The minimum Gasteiger partial charge on any atom is -0.496 e. The summed E-state index contributed by atoms with van der Waals surface area (Å²) in [6.45, 7) is 0. The standard InChI is InChI=1S/C20H22N4OS/c1-25-16-5-3-2-4-15(16)17-23-24-18(21-22-19(24)26-17)20-9-12-6-13(10-20)8-14(7-12)11-20/h2-5,12-14H,6-11H2,1H3. The molecule has 0 radical (unpaired) electrons. The number of fused-ring (bicyclic) bond motifs is 1. The van der Waals surface area contributed by atoms with Crippen LogP contribution in [-0.4, -0.2) is 26.9 Å². The van der Waals surface area contributed by atoms with Crippen molar-refractivity contribution in [1.29, 1.82) is 0 Å². The Morgan fingerprint density at radius 1 is 1.04 bits per heavy atom. The second-order valence-corrected chi connectivity index (χ2v) is 9.48. The maximum absolute atomic E-state index is 5.52. The van der Waals surface area contributed by atoms with Gasteiger partial charge in [-0.05, 0) is 68.4 Å². The number of rotatable bonds is 3. The minimum absolute atomic E-state index is 0.209. The van der Waals surface area contributed by atoms with E-state index in [1.807, 2.05) is 22.7 Å². The molecule has 0 N–H and O–H groups in total. The summed E-state index contributed by atoms with van der Waals surface area (Å²) < 4.78 is 7.57. The average Bonchev–Trinajstić information content (AvgIpc) is 3.21. The summed E-state index contributed by atoms with van der Waals surface area (Å²) in [4.78, 5) is 0.900. The Balaban J connectivity index is 1.47. The summed E-state index contributed by atoms with van der Waals surface area (Å²) in [5, 5.41) is 15.1. The van der Waals surface area contributed by atoms with E-state index in [9.17, 15) is 0 Å². The SMILES string of the molecule is COc1ccccc1-c1nn2c(C34CC5CC(CC(C5)C3)C4)nnc2s1. The Morgan fingerprint density at radius 3 is 2.42 bits per heavy atom. The molecule has 0 atom stereocenters. The summed E-state index contributed by atoms with van der Waals surface area (Å²) in [5.74, 6) is 4.64. The normalized spacial score (nSPS) is 32.4. The third kappa shape index (κ3) is 2.05. The summed E-state index contributed by atoms with van der Waals surface area (Å²) in [6, 6.07) is 8.07. The number of methoxy groups -OCH3 is 1. The second-order valence-electron chi connectivity index (χ2n) is 8.52. The van der Waals surface area contributed by atoms with Crippen molar-refractivity contribution in [2.45, 2.75) is 43.9 Å². The summed E-state index contributed by atoms with van der Waals surface area (Å²) in [7, 11) is 1.71. The first-order valence-electron chi connectivity index (χ1n) is 9.60. The maximum atomic E-state index is 5.52. The molecule has 3 aromatic rings. The lowest BCUT2D eigenvalue weighted by molar-refractivity contribution is -0.0103. The number of aromatic nitrogens is 4. The summed E-state index contributed by atoms with van der Waals surface area (Å²) in [6.07, 6.45) is 8.14. The number of hydrogen-bond donors (Lipinski definition) is 0. The molecule has 2 aromatic heterocycles. The van der Waals surface area contributed by atoms with E-state index < -0.39 is 0 Å². The van der Waals surface area contributed by atoms with E-state index in [2.05, 4.69) is 16.3 Å². The van der Waals surface area contributed by atoms with Gasteiger partial charge < -0.3 is 4.74 Å². The zero-order chi connectivity index (χ0) is 17.3. The molecule has 0 unspecified atom stereocenters. The average molecular weight is 366 g/mol. The van der Waals surface area contributed by atoms with Crippen LogP contribution in [-0.2, 0) is 5.41 Å². The maximum Gasteiger partial charge on any atom is 0.235 e. The molecule has 0 spiro atoms. The first-order chi connectivity index (χ1) is 12.7.